The van der Waals surface area contributed by atoms with Crippen LogP contribution in [0.15, 0.2) is 60.7 Å². The summed E-state index contributed by atoms with van der Waals surface area (Å²) in [7, 11) is 1.56. The van der Waals surface area contributed by atoms with Crippen LogP contribution in [-0.4, -0.2) is 37.7 Å². The largest absolute Gasteiger partial charge is 0.383 e. The number of nitriles is 1. The lowest BCUT2D eigenvalue weighted by molar-refractivity contribution is 0.0937. The number of hydrogen-bond acceptors (Lipinski definition) is 5. The number of pyridine rings is 1. The van der Waals surface area contributed by atoms with Gasteiger partial charge in [-0.05, 0) is 42.3 Å². The molecule has 3 rings (SSSR count). The second-order valence-corrected chi connectivity index (χ2v) is 6.81. The Kier molecular flexibility index (Phi) is 7.68. The van der Waals surface area contributed by atoms with Gasteiger partial charge in [0, 0.05) is 25.8 Å². The van der Waals surface area contributed by atoms with Crippen molar-refractivity contribution >= 4 is 11.7 Å². The minimum absolute atomic E-state index is 0.280. The quantitative estimate of drug-likeness (QED) is 0.516. The first kappa shape index (κ1) is 21.9. The molecule has 0 bridgehead atoms. The normalized spacial score (nSPS) is 10.4. The fourth-order valence-electron chi connectivity index (χ4n) is 3.11. The maximum Gasteiger partial charge on any atom is 0.255 e. The molecule has 2 N–H and O–H groups in total. The Morgan fingerprint density at radius 3 is 2.74 bits per heavy atom. The van der Waals surface area contributed by atoms with Crippen LogP contribution in [0.2, 0.25) is 0 Å². The number of rotatable bonds is 9. The van der Waals surface area contributed by atoms with E-state index in [2.05, 4.69) is 21.7 Å². The lowest BCUT2D eigenvalue weighted by Gasteiger charge is -2.14. The predicted molar refractivity (Wildman–Crippen MR) is 117 cm³/mol. The monoisotopic (exact) mass is 418 g/mol. The second-order valence-electron chi connectivity index (χ2n) is 6.81. The minimum Gasteiger partial charge on any atom is -0.383 e. The number of hydrogen-bond donors (Lipinski definition) is 2. The first-order valence-corrected chi connectivity index (χ1v) is 9.88. The highest BCUT2D eigenvalue weighted by Gasteiger charge is 2.15. The van der Waals surface area contributed by atoms with Crippen LogP contribution in [0.1, 0.15) is 21.5 Å². The number of anilines is 1. The van der Waals surface area contributed by atoms with Crippen LogP contribution in [0, 0.1) is 17.1 Å². The zero-order valence-electron chi connectivity index (χ0n) is 17.2. The zero-order chi connectivity index (χ0) is 22.1. The lowest BCUT2D eigenvalue weighted by Crippen LogP contribution is -2.28. The van der Waals surface area contributed by atoms with E-state index in [-0.39, 0.29) is 11.7 Å². The van der Waals surface area contributed by atoms with Crippen LogP contribution < -0.4 is 10.6 Å². The van der Waals surface area contributed by atoms with E-state index in [4.69, 9.17) is 4.74 Å². The van der Waals surface area contributed by atoms with Gasteiger partial charge in [0.25, 0.3) is 5.91 Å². The highest BCUT2D eigenvalue weighted by molar-refractivity contribution is 5.99. The van der Waals surface area contributed by atoms with Gasteiger partial charge in [-0.2, -0.15) is 5.26 Å². The summed E-state index contributed by atoms with van der Waals surface area (Å²) in [5.41, 5.74) is 2.99. The number of aromatic nitrogens is 1. The molecule has 31 heavy (non-hydrogen) atoms. The molecule has 0 atom stereocenters. The molecule has 6 nitrogen and oxygen atoms in total. The molecule has 2 aromatic carbocycles. The number of benzene rings is 2. The molecule has 1 amide bonds. The van der Waals surface area contributed by atoms with E-state index in [1.165, 1.54) is 12.1 Å². The van der Waals surface area contributed by atoms with Crippen molar-refractivity contribution in [3.8, 4) is 17.3 Å². The van der Waals surface area contributed by atoms with Crippen molar-refractivity contribution < 1.29 is 13.9 Å². The first-order valence-electron chi connectivity index (χ1n) is 9.88. The topological polar surface area (TPSA) is 87.0 Å². The molecule has 7 heteroatoms. The SMILES string of the molecule is COCCNC(=O)c1ccc(-c2ccccc2C#N)nc1NCCc1cccc(F)c1. The Bertz CT molecular complexity index is 1090. The molecule has 0 aliphatic rings. The Labute approximate surface area is 180 Å². The molecule has 0 aliphatic carbocycles. The number of halogens is 1. The number of nitrogens with zero attached hydrogens (tertiary/aromatic N) is 2. The second kappa shape index (κ2) is 10.9. The smallest absolute Gasteiger partial charge is 0.255 e. The summed E-state index contributed by atoms with van der Waals surface area (Å²) in [5, 5.41) is 15.4. The fourth-order valence-corrected chi connectivity index (χ4v) is 3.11. The van der Waals surface area contributed by atoms with Gasteiger partial charge < -0.3 is 15.4 Å². The van der Waals surface area contributed by atoms with E-state index in [1.54, 1.807) is 37.4 Å². The minimum atomic E-state index is -0.288. The van der Waals surface area contributed by atoms with Crippen molar-refractivity contribution in [2.45, 2.75) is 6.42 Å². The molecular formula is C24H23FN4O2. The molecule has 0 saturated heterocycles. The van der Waals surface area contributed by atoms with Crippen LogP contribution in [0.4, 0.5) is 10.2 Å². The van der Waals surface area contributed by atoms with Crippen molar-refractivity contribution in [1.29, 1.82) is 5.26 Å². The van der Waals surface area contributed by atoms with Gasteiger partial charge in [0.05, 0.1) is 29.5 Å². The van der Waals surface area contributed by atoms with Gasteiger partial charge in [-0.1, -0.05) is 30.3 Å². The van der Waals surface area contributed by atoms with Crippen LogP contribution >= 0.6 is 0 Å². The Balaban J connectivity index is 1.86. The predicted octanol–water partition coefficient (Wildman–Crippen LogP) is 3.79. The zero-order valence-corrected chi connectivity index (χ0v) is 17.2. The molecule has 0 fully saturated rings. The Morgan fingerprint density at radius 2 is 1.97 bits per heavy atom. The van der Waals surface area contributed by atoms with Gasteiger partial charge in [-0.25, -0.2) is 9.37 Å². The summed E-state index contributed by atoms with van der Waals surface area (Å²) in [6.45, 7) is 1.23. The van der Waals surface area contributed by atoms with Gasteiger partial charge in [-0.3, -0.25) is 4.79 Å². The average molecular weight is 418 g/mol. The Morgan fingerprint density at radius 1 is 1.13 bits per heavy atom. The number of nitrogens with one attached hydrogen (secondary N) is 2. The average Bonchev–Trinajstić information content (AvgIpc) is 2.79. The molecule has 0 unspecified atom stereocenters. The highest BCUT2D eigenvalue weighted by Crippen LogP contribution is 2.25. The van der Waals surface area contributed by atoms with Crippen LogP contribution in [0.25, 0.3) is 11.3 Å². The highest BCUT2D eigenvalue weighted by atomic mass is 19.1. The van der Waals surface area contributed by atoms with Gasteiger partial charge in [0.2, 0.25) is 0 Å². The van der Waals surface area contributed by atoms with Gasteiger partial charge >= 0.3 is 0 Å². The van der Waals surface area contributed by atoms with Gasteiger partial charge in [-0.15, -0.1) is 0 Å². The van der Waals surface area contributed by atoms with Crippen LogP contribution in [0.5, 0.6) is 0 Å². The van der Waals surface area contributed by atoms with Crippen molar-refractivity contribution in [3.63, 3.8) is 0 Å². The molecule has 158 valence electrons. The molecular weight excluding hydrogens is 395 g/mol. The number of carbonyl (C=O) groups is 1. The molecule has 1 aromatic heterocycles. The number of methoxy groups -OCH3 is 1. The van der Waals surface area contributed by atoms with E-state index >= 15 is 0 Å². The number of amides is 1. The maximum absolute atomic E-state index is 13.4. The number of carbonyl (C=O) groups excluding carboxylic acids is 1. The molecule has 0 radical (unpaired) electrons. The van der Waals surface area contributed by atoms with Gasteiger partial charge in [0.15, 0.2) is 0 Å². The van der Waals surface area contributed by atoms with Crippen LogP contribution in [0.3, 0.4) is 0 Å². The molecule has 1 heterocycles. The summed E-state index contributed by atoms with van der Waals surface area (Å²) in [5.74, 6) is -0.168. The molecule has 0 spiro atoms. The van der Waals surface area contributed by atoms with E-state index in [9.17, 15) is 14.4 Å². The standard InChI is InChI=1S/C24H23FN4O2/c1-31-14-13-28-24(30)21-9-10-22(20-8-3-2-6-18(20)16-26)29-23(21)27-12-11-17-5-4-7-19(25)15-17/h2-10,15H,11-14H2,1H3,(H,27,29)(H,28,30). The summed E-state index contributed by atoms with van der Waals surface area (Å²) < 4.78 is 18.4. The van der Waals surface area contributed by atoms with Crippen molar-refractivity contribution in [1.82, 2.24) is 10.3 Å². The lowest BCUT2D eigenvalue weighted by atomic mass is 10.0. The van der Waals surface area contributed by atoms with E-state index in [0.29, 0.717) is 54.3 Å². The maximum atomic E-state index is 13.4. The summed E-state index contributed by atoms with van der Waals surface area (Å²) >= 11 is 0. The number of ether oxygens (including phenoxy) is 1. The molecule has 0 aliphatic heterocycles. The summed E-state index contributed by atoms with van der Waals surface area (Å²) in [4.78, 5) is 17.3. The van der Waals surface area contributed by atoms with Gasteiger partial charge in [0.1, 0.15) is 11.6 Å². The fraction of sp³-hybridized carbons (Fsp3) is 0.208. The van der Waals surface area contributed by atoms with E-state index in [1.807, 2.05) is 18.2 Å². The summed E-state index contributed by atoms with van der Waals surface area (Å²) in [6, 6.07) is 19.1. The van der Waals surface area contributed by atoms with Crippen LogP contribution in [-0.2, 0) is 11.2 Å². The third-order valence-corrected chi connectivity index (χ3v) is 4.65. The van der Waals surface area contributed by atoms with Crippen molar-refractivity contribution in [2.75, 3.05) is 32.1 Å². The molecule has 3 aromatic rings. The van der Waals surface area contributed by atoms with Crippen molar-refractivity contribution in [3.05, 3.63) is 83.2 Å². The first-order chi connectivity index (χ1) is 15.1. The van der Waals surface area contributed by atoms with E-state index in [0.717, 1.165) is 5.56 Å². The molecule has 0 saturated carbocycles. The summed E-state index contributed by atoms with van der Waals surface area (Å²) in [6.07, 6.45) is 0.559. The van der Waals surface area contributed by atoms with Crippen molar-refractivity contribution in [2.24, 2.45) is 0 Å². The third kappa shape index (κ3) is 5.87. The Hall–Kier alpha value is -3.76. The third-order valence-electron chi connectivity index (χ3n) is 4.65. The van der Waals surface area contributed by atoms with E-state index < -0.39 is 0 Å².